The Morgan fingerprint density at radius 3 is 2.31 bits per heavy atom. The molecule has 94 valence electrons. The van der Waals surface area contributed by atoms with Crippen molar-refractivity contribution >= 4 is 5.91 Å². The molecule has 16 heavy (non-hydrogen) atoms. The van der Waals surface area contributed by atoms with Crippen molar-refractivity contribution in [2.24, 2.45) is 11.7 Å². The number of carbonyl (C=O) groups is 1. The summed E-state index contributed by atoms with van der Waals surface area (Å²) in [7, 11) is 0. The predicted octanol–water partition coefficient (Wildman–Crippen LogP) is 1.52. The molecule has 1 heterocycles. The van der Waals surface area contributed by atoms with Crippen LogP contribution in [-0.2, 0) is 4.79 Å². The molecule has 2 N–H and O–H groups in total. The molecule has 0 saturated carbocycles. The Labute approximate surface area is 92.8 Å². The summed E-state index contributed by atoms with van der Waals surface area (Å²) in [5, 5.41) is 0. The zero-order valence-corrected chi connectivity index (χ0v) is 9.26. The summed E-state index contributed by atoms with van der Waals surface area (Å²) in [5.41, 5.74) is 5.55. The van der Waals surface area contributed by atoms with Crippen LogP contribution < -0.4 is 5.73 Å². The van der Waals surface area contributed by atoms with Gasteiger partial charge in [0.15, 0.2) is 0 Å². The van der Waals surface area contributed by atoms with Gasteiger partial charge < -0.3 is 10.6 Å². The highest BCUT2D eigenvalue weighted by molar-refractivity contribution is 5.81. The zero-order chi connectivity index (χ0) is 12.3. The number of likely N-dealkylation sites (tertiary alicyclic amines) is 1. The molecule has 0 spiro atoms. The predicted molar refractivity (Wildman–Crippen MR) is 53.6 cm³/mol. The molecule has 0 aliphatic carbocycles. The van der Waals surface area contributed by atoms with Crippen LogP contribution in [0, 0.1) is 5.92 Å². The largest absolute Gasteiger partial charge is 0.391 e. The monoisotopic (exact) mass is 238 g/mol. The highest BCUT2D eigenvalue weighted by Crippen LogP contribution is 2.34. The second-order valence-electron chi connectivity index (χ2n) is 4.16. The van der Waals surface area contributed by atoms with Gasteiger partial charge in [0.25, 0.3) is 0 Å². The first kappa shape index (κ1) is 13.3. The summed E-state index contributed by atoms with van der Waals surface area (Å²) >= 11 is 0. The van der Waals surface area contributed by atoms with E-state index in [0.29, 0.717) is 6.42 Å². The number of carbonyl (C=O) groups excluding carboxylic acids is 1. The third-order valence-electron chi connectivity index (χ3n) is 3.03. The minimum Gasteiger partial charge on any atom is -0.341 e. The molecule has 1 atom stereocenters. The fourth-order valence-corrected chi connectivity index (χ4v) is 1.84. The molecular weight excluding hydrogens is 221 g/mol. The van der Waals surface area contributed by atoms with E-state index in [4.69, 9.17) is 5.73 Å². The standard InChI is InChI=1S/C10H17F3N2O/c1-2-8(14)9(16)15-5-3-7(4-6-15)10(11,12)13/h7-8H,2-6,14H2,1H3. The summed E-state index contributed by atoms with van der Waals surface area (Å²) in [5.74, 6) is -1.50. The minimum atomic E-state index is -4.14. The van der Waals surface area contributed by atoms with Crippen LogP contribution in [0.3, 0.4) is 0 Å². The Morgan fingerprint density at radius 1 is 1.44 bits per heavy atom. The van der Waals surface area contributed by atoms with E-state index in [1.807, 2.05) is 0 Å². The van der Waals surface area contributed by atoms with Gasteiger partial charge in [-0.2, -0.15) is 13.2 Å². The van der Waals surface area contributed by atoms with Crippen molar-refractivity contribution in [3.63, 3.8) is 0 Å². The maximum absolute atomic E-state index is 12.4. The molecule has 1 fully saturated rings. The number of alkyl halides is 3. The first-order valence-electron chi connectivity index (χ1n) is 5.47. The SMILES string of the molecule is CCC(N)C(=O)N1CCC(C(F)(F)F)CC1. The fourth-order valence-electron chi connectivity index (χ4n) is 1.84. The van der Waals surface area contributed by atoms with Gasteiger partial charge in [0.2, 0.25) is 5.91 Å². The number of nitrogens with zero attached hydrogens (tertiary/aromatic N) is 1. The molecule has 1 aliphatic heterocycles. The molecule has 0 bridgehead atoms. The second-order valence-corrected chi connectivity index (χ2v) is 4.16. The Kier molecular flexibility index (Phi) is 4.18. The van der Waals surface area contributed by atoms with Gasteiger partial charge in [0, 0.05) is 13.1 Å². The van der Waals surface area contributed by atoms with Crippen molar-refractivity contribution in [1.82, 2.24) is 4.90 Å². The summed E-state index contributed by atoms with van der Waals surface area (Å²) in [4.78, 5) is 13.0. The summed E-state index contributed by atoms with van der Waals surface area (Å²) < 4.78 is 37.1. The van der Waals surface area contributed by atoms with Gasteiger partial charge in [-0.3, -0.25) is 4.79 Å². The average molecular weight is 238 g/mol. The first-order valence-corrected chi connectivity index (χ1v) is 5.47. The first-order chi connectivity index (χ1) is 7.36. The smallest absolute Gasteiger partial charge is 0.341 e. The van der Waals surface area contributed by atoms with E-state index in [-0.39, 0.29) is 31.8 Å². The highest BCUT2D eigenvalue weighted by Gasteiger charge is 2.41. The molecule has 1 saturated heterocycles. The number of halogens is 3. The van der Waals surface area contributed by atoms with Gasteiger partial charge in [0.05, 0.1) is 12.0 Å². The van der Waals surface area contributed by atoms with E-state index in [9.17, 15) is 18.0 Å². The van der Waals surface area contributed by atoms with Crippen LogP contribution in [0.1, 0.15) is 26.2 Å². The van der Waals surface area contributed by atoms with Gasteiger partial charge in [0.1, 0.15) is 0 Å². The summed E-state index contributed by atoms with van der Waals surface area (Å²) in [6.45, 7) is 2.11. The van der Waals surface area contributed by atoms with Gasteiger partial charge in [-0.1, -0.05) is 6.92 Å². The zero-order valence-electron chi connectivity index (χ0n) is 9.26. The lowest BCUT2D eigenvalue weighted by Crippen LogP contribution is -2.48. The average Bonchev–Trinajstić information content (AvgIpc) is 2.26. The van der Waals surface area contributed by atoms with Crippen LogP contribution >= 0.6 is 0 Å². The van der Waals surface area contributed by atoms with Gasteiger partial charge >= 0.3 is 6.18 Å². The molecule has 3 nitrogen and oxygen atoms in total. The van der Waals surface area contributed by atoms with Crippen molar-refractivity contribution in [3.8, 4) is 0 Å². The third-order valence-corrected chi connectivity index (χ3v) is 3.03. The molecule has 0 radical (unpaired) electrons. The van der Waals surface area contributed by atoms with Crippen molar-refractivity contribution in [3.05, 3.63) is 0 Å². The Morgan fingerprint density at radius 2 is 1.94 bits per heavy atom. The van der Waals surface area contributed by atoms with E-state index in [1.54, 1.807) is 6.92 Å². The molecule has 1 aliphatic rings. The van der Waals surface area contributed by atoms with Crippen LogP contribution in [-0.4, -0.2) is 36.1 Å². The topological polar surface area (TPSA) is 46.3 Å². The lowest BCUT2D eigenvalue weighted by molar-refractivity contribution is -0.186. The van der Waals surface area contributed by atoms with Crippen LogP contribution in [0.5, 0.6) is 0 Å². The Hall–Kier alpha value is -0.780. The summed E-state index contributed by atoms with van der Waals surface area (Å²) in [6.07, 6.45) is -3.64. The van der Waals surface area contributed by atoms with Crippen LogP contribution in [0.15, 0.2) is 0 Å². The van der Waals surface area contributed by atoms with Gasteiger partial charge in [-0.05, 0) is 19.3 Å². The lowest BCUT2D eigenvalue weighted by Gasteiger charge is -2.34. The number of rotatable bonds is 2. The van der Waals surface area contributed by atoms with Crippen LogP contribution in [0.2, 0.25) is 0 Å². The van der Waals surface area contributed by atoms with Gasteiger partial charge in [-0.15, -0.1) is 0 Å². The molecule has 0 aromatic rings. The van der Waals surface area contributed by atoms with Crippen molar-refractivity contribution in [2.45, 2.75) is 38.4 Å². The molecule has 1 rings (SSSR count). The minimum absolute atomic E-state index is 0.00826. The van der Waals surface area contributed by atoms with E-state index in [1.165, 1.54) is 4.90 Å². The highest BCUT2D eigenvalue weighted by atomic mass is 19.4. The van der Waals surface area contributed by atoms with E-state index >= 15 is 0 Å². The van der Waals surface area contributed by atoms with E-state index in [2.05, 4.69) is 0 Å². The second kappa shape index (κ2) is 5.03. The number of piperidine rings is 1. The molecule has 1 unspecified atom stereocenters. The maximum atomic E-state index is 12.4. The number of amides is 1. The number of nitrogens with two attached hydrogens (primary N) is 1. The maximum Gasteiger partial charge on any atom is 0.391 e. The number of hydrogen-bond donors (Lipinski definition) is 1. The number of hydrogen-bond acceptors (Lipinski definition) is 2. The van der Waals surface area contributed by atoms with Crippen molar-refractivity contribution in [2.75, 3.05) is 13.1 Å². The molecule has 0 aromatic heterocycles. The lowest BCUT2D eigenvalue weighted by atomic mass is 9.96. The molecule has 1 amide bonds. The molecule has 6 heteroatoms. The normalized spacial score (nSPS) is 20.9. The van der Waals surface area contributed by atoms with Gasteiger partial charge in [-0.25, -0.2) is 0 Å². The quantitative estimate of drug-likeness (QED) is 0.793. The van der Waals surface area contributed by atoms with Crippen LogP contribution in [0.25, 0.3) is 0 Å². The summed E-state index contributed by atoms with van der Waals surface area (Å²) in [6, 6.07) is -0.581. The Balaban J connectivity index is 2.46. The third kappa shape index (κ3) is 3.10. The molecular formula is C10H17F3N2O. The Bertz CT molecular complexity index is 247. The fraction of sp³-hybridized carbons (Fsp3) is 0.900. The van der Waals surface area contributed by atoms with Crippen molar-refractivity contribution in [1.29, 1.82) is 0 Å². The van der Waals surface area contributed by atoms with E-state index < -0.39 is 18.1 Å². The van der Waals surface area contributed by atoms with Crippen molar-refractivity contribution < 1.29 is 18.0 Å². The van der Waals surface area contributed by atoms with E-state index in [0.717, 1.165) is 0 Å². The molecule has 0 aromatic carbocycles. The van der Waals surface area contributed by atoms with Crippen LogP contribution in [0.4, 0.5) is 13.2 Å².